The molecular weight excluding hydrogens is 308 g/mol. The predicted octanol–water partition coefficient (Wildman–Crippen LogP) is 3.22. The van der Waals surface area contributed by atoms with Crippen LogP contribution in [0.2, 0.25) is 0 Å². The first kappa shape index (κ1) is 15.9. The molecule has 0 radical (unpaired) electrons. The Labute approximate surface area is 143 Å². The molecule has 1 spiro atoms. The SMILES string of the molecule is CC(=O)N1CC2(CNc3cc(Cc4ccccc4)ccc32)C1.Cl. The normalized spacial score (nSPS) is 17.0. The van der Waals surface area contributed by atoms with Crippen LogP contribution in [0.4, 0.5) is 5.69 Å². The summed E-state index contributed by atoms with van der Waals surface area (Å²) in [5.74, 6) is 0.180. The lowest BCUT2D eigenvalue weighted by Crippen LogP contribution is -2.61. The first-order valence-corrected chi connectivity index (χ1v) is 7.83. The molecule has 0 aromatic heterocycles. The number of rotatable bonds is 2. The Kier molecular flexibility index (Phi) is 4.07. The van der Waals surface area contributed by atoms with Crippen LogP contribution in [0, 0.1) is 0 Å². The van der Waals surface area contributed by atoms with E-state index in [-0.39, 0.29) is 23.7 Å². The highest BCUT2D eigenvalue weighted by molar-refractivity contribution is 5.85. The summed E-state index contributed by atoms with van der Waals surface area (Å²) in [5, 5.41) is 3.54. The molecule has 0 bridgehead atoms. The maximum absolute atomic E-state index is 11.4. The molecule has 4 rings (SSSR count). The van der Waals surface area contributed by atoms with Crippen LogP contribution in [0.25, 0.3) is 0 Å². The molecule has 2 aliphatic heterocycles. The number of fused-ring (bicyclic) bond motifs is 2. The first-order valence-electron chi connectivity index (χ1n) is 7.83. The van der Waals surface area contributed by atoms with Crippen LogP contribution >= 0.6 is 12.4 Å². The molecule has 1 saturated heterocycles. The number of nitrogens with one attached hydrogen (secondary N) is 1. The van der Waals surface area contributed by atoms with Crippen LogP contribution in [0.3, 0.4) is 0 Å². The summed E-state index contributed by atoms with van der Waals surface area (Å²) >= 11 is 0. The van der Waals surface area contributed by atoms with Crippen molar-refractivity contribution in [2.24, 2.45) is 0 Å². The third-order valence-electron chi connectivity index (χ3n) is 4.96. The van der Waals surface area contributed by atoms with Crippen LogP contribution < -0.4 is 5.32 Å². The van der Waals surface area contributed by atoms with Crippen LogP contribution in [-0.2, 0) is 16.6 Å². The molecule has 0 aliphatic carbocycles. The molecule has 2 aromatic rings. The maximum Gasteiger partial charge on any atom is 0.219 e. The summed E-state index contributed by atoms with van der Waals surface area (Å²) in [5.41, 5.74) is 5.43. The molecule has 2 heterocycles. The number of carbonyl (C=O) groups is 1. The second-order valence-electron chi connectivity index (χ2n) is 6.55. The molecule has 1 amide bonds. The maximum atomic E-state index is 11.4. The number of anilines is 1. The highest BCUT2D eigenvalue weighted by atomic mass is 35.5. The zero-order valence-corrected chi connectivity index (χ0v) is 14.0. The molecule has 1 N–H and O–H groups in total. The van der Waals surface area contributed by atoms with Crippen molar-refractivity contribution in [1.82, 2.24) is 4.90 Å². The van der Waals surface area contributed by atoms with Gasteiger partial charge in [-0.05, 0) is 29.2 Å². The van der Waals surface area contributed by atoms with Crippen molar-refractivity contribution >= 4 is 24.0 Å². The minimum absolute atomic E-state index is 0. The molecule has 2 aliphatic rings. The highest BCUT2D eigenvalue weighted by Gasteiger charge is 2.49. The molecule has 23 heavy (non-hydrogen) atoms. The van der Waals surface area contributed by atoms with Gasteiger partial charge in [0.25, 0.3) is 0 Å². The van der Waals surface area contributed by atoms with E-state index < -0.39 is 0 Å². The van der Waals surface area contributed by atoms with E-state index in [4.69, 9.17) is 0 Å². The van der Waals surface area contributed by atoms with Crippen molar-refractivity contribution in [3.05, 3.63) is 65.2 Å². The summed E-state index contributed by atoms with van der Waals surface area (Å²) in [6, 6.07) is 17.3. The molecule has 0 saturated carbocycles. The lowest BCUT2D eigenvalue weighted by atomic mass is 9.75. The number of halogens is 1. The van der Waals surface area contributed by atoms with E-state index in [0.29, 0.717) is 0 Å². The van der Waals surface area contributed by atoms with Gasteiger partial charge >= 0.3 is 0 Å². The van der Waals surface area contributed by atoms with E-state index in [9.17, 15) is 4.79 Å². The number of likely N-dealkylation sites (tertiary alicyclic amines) is 1. The zero-order chi connectivity index (χ0) is 15.2. The average molecular weight is 329 g/mol. The van der Waals surface area contributed by atoms with Gasteiger partial charge in [0.2, 0.25) is 5.91 Å². The molecule has 3 nitrogen and oxygen atoms in total. The van der Waals surface area contributed by atoms with Gasteiger partial charge in [-0.1, -0.05) is 42.5 Å². The van der Waals surface area contributed by atoms with Gasteiger partial charge in [0.05, 0.1) is 0 Å². The van der Waals surface area contributed by atoms with Gasteiger partial charge in [0.15, 0.2) is 0 Å². The minimum atomic E-state index is 0. The molecule has 0 unspecified atom stereocenters. The molecule has 120 valence electrons. The van der Waals surface area contributed by atoms with Gasteiger partial charge in [0.1, 0.15) is 0 Å². The Morgan fingerprint density at radius 3 is 2.57 bits per heavy atom. The van der Waals surface area contributed by atoms with Crippen molar-refractivity contribution in [3.63, 3.8) is 0 Å². The lowest BCUT2D eigenvalue weighted by Gasteiger charge is -2.47. The third kappa shape index (κ3) is 2.70. The third-order valence-corrected chi connectivity index (χ3v) is 4.96. The molecular formula is C19H21ClN2O. The van der Waals surface area contributed by atoms with E-state index in [0.717, 1.165) is 26.1 Å². The van der Waals surface area contributed by atoms with Crippen molar-refractivity contribution in [1.29, 1.82) is 0 Å². The first-order chi connectivity index (χ1) is 10.7. The average Bonchev–Trinajstić information content (AvgIpc) is 2.85. The Morgan fingerprint density at radius 2 is 1.87 bits per heavy atom. The Hall–Kier alpha value is -2.00. The van der Waals surface area contributed by atoms with E-state index >= 15 is 0 Å². The van der Waals surface area contributed by atoms with Crippen molar-refractivity contribution < 1.29 is 4.79 Å². The summed E-state index contributed by atoms with van der Waals surface area (Å²) in [6.07, 6.45) is 0.961. The Bertz CT molecular complexity index is 723. The monoisotopic (exact) mass is 328 g/mol. The number of carbonyl (C=O) groups excluding carboxylic acids is 1. The van der Waals surface area contributed by atoms with Gasteiger partial charge in [-0.15, -0.1) is 12.4 Å². The van der Waals surface area contributed by atoms with E-state index in [1.165, 1.54) is 22.4 Å². The van der Waals surface area contributed by atoms with Crippen molar-refractivity contribution in [2.45, 2.75) is 18.8 Å². The van der Waals surface area contributed by atoms with Crippen molar-refractivity contribution in [2.75, 3.05) is 25.0 Å². The fraction of sp³-hybridized carbons (Fsp3) is 0.316. The van der Waals surface area contributed by atoms with E-state index in [1.54, 1.807) is 6.92 Å². The molecule has 2 aromatic carbocycles. The minimum Gasteiger partial charge on any atom is -0.384 e. The number of hydrogen-bond donors (Lipinski definition) is 1. The highest BCUT2D eigenvalue weighted by Crippen LogP contribution is 2.43. The van der Waals surface area contributed by atoms with E-state index in [1.807, 2.05) is 4.90 Å². The van der Waals surface area contributed by atoms with Crippen LogP contribution in [-0.4, -0.2) is 30.4 Å². The number of hydrogen-bond acceptors (Lipinski definition) is 2. The fourth-order valence-corrected chi connectivity index (χ4v) is 3.69. The van der Waals surface area contributed by atoms with Gasteiger partial charge in [-0.25, -0.2) is 0 Å². The Balaban J connectivity index is 0.00000156. The smallest absolute Gasteiger partial charge is 0.219 e. The fourth-order valence-electron chi connectivity index (χ4n) is 3.69. The largest absolute Gasteiger partial charge is 0.384 e. The molecule has 1 fully saturated rings. The number of amides is 1. The van der Waals surface area contributed by atoms with E-state index in [2.05, 4.69) is 53.8 Å². The van der Waals surface area contributed by atoms with Gasteiger partial charge < -0.3 is 10.2 Å². The standard InChI is InChI=1S/C19H20N2O.ClH/c1-14(22)21-12-19(13-21)11-20-18-10-16(7-8-17(18)19)9-15-5-3-2-4-6-15;/h2-8,10,20H,9,11-13H2,1H3;1H. The van der Waals surface area contributed by atoms with Crippen molar-refractivity contribution in [3.8, 4) is 0 Å². The van der Waals surface area contributed by atoms with Crippen LogP contribution in [0.1, 0.15) is 23.6 Å². The number of nitrogens with zero attached hydrogens (tertiary/aromatic N) is 1. The van der Waals surface area contributed by atoms with Gasteiger partial charge in [0, 0.05) is 37.7 Å². The second-order valence-corrected chi connectivity index (χ2v) is 6.55. The summed E-state index contributed by atoms with van der Waals surface area (Å²) in [6.45, 7) is 4.29. The summed E-state index contributed by atoms with van der Waals surface area (Å²) in [7, 11) is 0. The zero-order valence-electron chi connectivity index (χ0n) is 13.2. The van der Waals surface area contributed by atoms with Gasteiger partial charge in [-0.3, -0.25) is 4.79 Å². The van der Waals surface area contributed by atoms with Crippen LogP contribution in [0.15, 0.2) is 48.5 Å². The number of benzene rings is 2. The topological polar surface area (TPSA) is 32.3 Å². The molecule has 0 atom stereocenters. The lowest BCUT2D eigenvalue weighted by molar-refractivity contribution is -0.135. The second kappa shape index (κ2) is 5.89. The van der Waals surface area contributed by atoms with Gasteiger partial charge in [-0.2, -0.15) is 0 Å². The quantitative estimate of drug-likeness (QED) is 0.918. The molecule has 4 heteroatoms. The van der Waals surface area contributed by atoms with Crippen LogP contribution in [0.5, 0.6) is 0 Å². The Morgan fingerprint density at radius 1 is 1.13 bits per heavy atom. The summed E-state index contributed by atoms with van der Waals surface area (Å²) in [4.78, 5) is 13.4. The predicted molar refractivity (Wildman–Crippen MR) is 95.4 cm³/mol. The summed E-state index contributed by atoms with van der Waals surface area (Å²) < 4.78 is 0.